The summed E-state index contributed by atoms with van der Waals surface area (Å²) in [5.41, 5.74) is 2.04. The van der Waals surface area contributed by atoms with Gasteiger partial charge in [0.25, 0.3) is 5.91 Å². The maximum atomic E-state index is 12.7. The lowest BCUT2D eigenvalue weighted by atomic mass is 10.1. The Morgan fingerprint density at radius 1 is 1.24 bits per heavy atom. The summed E-state index contributed by atoms with van der Waals surface area (Å²) >= 11 is 10.2. The van der Waals surface area contributed by atoms with E-state index in [1.54, 1.807) is 12.0 Å². The molecule has 2 aromatic rings. The number of ether oxygens (including phenoxy) is 1. The number of halogens is 1. The fourth-order valence-corrected chi connectivity index (χ4v) is 4.22. The highest BCUT2D eigenvalue weighted by Crippen LogP contribution is 2.35. The van der Waals surface area contributed by atoms with Crippen LogP contribution < -0.4 is 4.74 Å². The van der Waals surface area contributed by atoms with Gasteiger partial charge in [0.1, 0.15) is 10.1 Å². The number of hydrogen-bond acceptors (Lipinski definition) is 4. The molecule has 2 aromatic carbocycles. The third-order valence-electron chi connectivity index (χ3n) is 3.82. The summed E-state index contributed by atoms with van der Waals surface area (Å²) in [5, 5.41) is 0. The predicted octanol–water partition coefficient (Wildman–Crippen LogP) is 4.90. The highest BCUT2D eigenvalue weighted by Gasteiger charge is 2.31. The molecule has 0 bridgehead atoms. The van der Waals surface area contributed by atoms with E-state index in [9.17, 15) is 4.79 Å². The normalized spacial score (nSPS) is 15.9. The van der Waals surface area contributed by atoms with E-state index in [1.165, 1.54) is 17.3 Å². The second-order valence-electron chi connectivity index (χ2n) is 5.46. The van der Waals surface area contributed by atoms with Crippen LogP contribution in [0.3, 0.4) is 0 Å². The largest absolute Gasteiger partial charge is 0.496 e. The molecule has 6 heteroatoms. The fraction of sp³-hybridized carbons (Fsp3) is 0.158. The third-order valence-corrected chi connectivity index (χ3v) is 5.69. The molecule has 0 unspecified atom stereocenters. The second kappa shape index (κ2) is 8.17. The Labute approximate surface area is 165 Å². The number of thioether (sulfide) groups is 1. The highest BCUT2D eigenvalue weighted by atomic mass is 79.9. The van der Waals surface area contributed by atoms with E-state index in [-0.39, 0.29) is 5.91 Å². The Morgan fingerprint density at radius 2 is 2.00 bits per heavy atom. The molecule has 0 N–H and O–H groups in total. The van der Waals surface area contributed by atoms with Gasteiger partial charge in [-0.25, -0.2) is 0 Å². The lowest BCUT2D eigenvalue weighted by molar-refractivity contribution is -0.122. The molecular weight excluding hydrogens is 418 g/mol. The van der Waals surface area contributed by atoms with E-state index in [2.05, 4.69) is 28.1 Å². The first-order valence-corrected chi connectivity index (χ1v) is 9.73. The number of nitrogens with zero attached hydrogens (tertiary/aromatic N) is 1. The first-order valence-electron chi connectivity index (χ1n) is 7.71. The van der Waals surface area contributed by atoms with E-state index in [1.807, 2.05) is 42.5 Å². The maximum Gasteiger partial charge on any atom is 0.266 e. The predicted molar refractivity (Wildman–Crippen MR) is 111 cm³/mol. The van der Waals surface area contributed by atoms with Crippen LogP contribution in [0.4, 0.5) is 0 Å². The minimum absolute atomic E-state index is 0.0482. The molecule has 0 atom stereocenters. The summed E-state index contributed by atoms with van der Waals surface area (Å²) < 4.78 is 6.90. The first kappa shape index (κ1) is 18.2. The molecule has 0 aromatic heterocycles. The van der Waals surface area contributed by atoms with Crippen molar-refractivity contribution >= 4 is 56.2 Å². The van der Waals surface area contributed by atoms with E-state index in [0.29, 0.717) is 15.8 Å². The number of rotatable bonds is 5. The van der Waals surface area contributed by atoms with Crippen molar-refractivity contribution in [2.45, 2.75) is 6.42 Å². The van der Waals surface area contributed by atoms with Crippen LogP contribution in [-0.4, -0.2) is 28.8 Å². The van der Waals surface area contributed by atoms with Crippen LogP contribution in [0.2, 0.25) is 0 Å². The molecule has 3 rings (SSSR count). The minimum atomic E-state index is -0.0482. The average Bonchev–Trinajstić information content (AvgIpc) is 2.88. The van der Waals surface area contributed by atoms with Crippen molar-refractivity contribution in [3.05, 3.63) is 69.0 Å². The van der Waals surface area contributed by atoms with Gasteiger partial charge in [-0.1, -0.05) is 70.2 Å². The van der Waals surface area contributed by atoms with Gasteiger partial charge in [0.15, 0.2) is 0 Å². The summed E-state index contributed by atoms with van der Waals surface area (Å²) in [7, 11) is 1.62. The quantitative estimate of drug-likeness (QED) is 0.495. The molecule has 3 nitrogen and oxygen atoms in total. The van der Waals surface area contributed by atoms with Gasteiger partial charge in [-0.2, -0.15) is 0 Å². The molecule has 1 aliphatic heterocycles. The van der Waals surface area contributed by atoms with Gasteiger partial charge in [-0.15, -0.1) is 0 Å². The van der Waals surface area contributed by atoms with Crippen molar-refractivity contribution in [3.8, 4) is 5.75 Å². The zero-order valence-corrected chi connectivity index (χ0v) is 16.8. The molecule has 1 fully saturated rings. The van der Waals surface area contributed by atoms with Crippen molar-refractivity contribution < 1.29 is 9.53 Å². The summed E-state index contributed by atoms with van der Waals surface area (Å²) in [5.74, 6) is 0.672. The Hall–Kier alpha value is -1.63. The first-order chi connectivity index (χ1) is 12.1. The number of amides is 1. The topological polar surface area (TPSA) is 29.5 Å². The van der Waals surface area contributed by atoms with Crippen molar-refractivity contribution in [3.63, 3.8) is 0 Å². The zero-order valence-electron chi connectivity index (χ0n) is 13.6. The van der Waals surface area contributed by atoms with Gasteiger partial charge in [0, 0.05) is 16.6 Å². The Balaban J connectivity index is 1.78. The summed E-state index contributed by atoms with van der Waals surface area (Å²) in [6.07, 6.45) is 2.62. The standard InChI is InChI=1S/C19H16BrNO2S2/c1-23-16-8-7-15(20)11-14(16)12-17-18(22)21(19(24)25-17)10-9-13-5-3-2-4-6-13/h2-8,11-12H,9-10H2,1H3. The van der Waals surface area contributed by atoms with Crippen molar-refractivity contribution in [1.29, 1.82) is 0 Å². The molecule has 0 saturated carbocycles. The molecule has 0 aliphatic carbocycles. The zero-order chi connectivity index (χ0) is 17.8. The van der Waals surface area contributed by atoms with Crippen LogP contribution >= 0.6 is 39.9 Å². The lowest BCUT2D eigenvalue weighted by Gasteiger charge is -2.14. The molecule has 128 valence electrons. The van der Waals surface area contributed by atoms with Crippen molar-refractivity contribution in [2.24, 2.45) is 0 Å². The summed E-state index contributed by atoms with van der Waals surface area (Å²) in [4.78, 5) is 15.0. The van der Waals surface area contributed by atoms with E-state index in [4.69, 9.17) is 17.0 Å². The summed E-state index contributed by atoms with van der Waals surface area (Å²) in [6.45, 7) is 0.585. The number of thiocarbonyl (C=S) groups is 1. The Kier molecular flexibility index (Phi) is 5.93. The van der Waals surface area contributed by atoms with Crippen molar-refractivity contribution in [2.75, 3.05) is 13.7 Å². The summed E-state index contributed by atoms with van der Waals surface area (Å²) in [6, 6.07) is 15.8. The minimum Gasteiger partial charge on any atom is -0.496 e. The van der Waals surface area contributed by atoms with Crippen molar-refractivity contribution in [1.82, 2.24) is 4.90 Å². The van der Waals surface area contributed by atoms with Gasteiger partial charge in [-0.05, 0) is 36.3 Å². The molecule has 25 heavy (non-hydrogen) atoms. The van der Waals surface area contributed by atoms with Crippen LogP contribution in [0.1, 0.15) is 11.1 Å². The highest BCUT2D eigenvalue weighted by molar-refractivity contribution is 9.10. The van der Waals surface area contributed by atoms with Crippen LogP contribution in [-0.2, 0) is 11.2 Å². The van der Waals surface area contributed by atoms with Crippen LogP contribution in [0, 0.1) is 0 Å². The van der Waals surface area contributed by atoms with Gasteiger partial charge in [0.2, 0.25) is 0 Å². The number of carbonyl (C=O) groups excluding carboxylic acids is 1. The van der Waals surface area contributed by atoms with Gasteiger partial charge < -0.3 is 4.74 Å². The number of methoxy groups -OCH3 is 1. The Bertz CT molecular complexity index is 837. The van der Waals surface area contributed by atoms with E-state index >= 15 is 0 Å². The van der Waals surface area contributed by atoms with Gasteiger partial charge in [-0.3, -0.25) is 9.69 Å². The SMILES string of the molecule is COc1ccc(Br)cc1C=C1SC(=S)N(CCc2ccccc2)C1=O. The van der Waals surface area contributed by atoms with Crippen LogP contribution in [0.15, 0.2) is 57.9 Å². The molecule has 0 spiro atoms. The van der Waals surface area contributed by atoms with E-state index < -0.39 is 0 Å². The fourth-order valence-electron chi connectivity index (χ4n) is 2.54. The second-order valence-corrected chi connectivity index (χ2v) is 8.05. The smallest absolute Gasteiger partial charge is 0.266 e. The third kappa shape index (κ3) is 4.32. The Morgan fingerprint density at radius 3 is 2.72 bits per heavy atom. The molecule has 0 radical (unpaired) electrons. The monoisotopic (exact) mass is 433 g/mol. The van der Waals surface area contributed by atoms with Crippen LogP contribution in [0.25, 0.3) is 6.08 Å². The molecule has 1 heterocycles. The molecule has 1 saturated heterocycles. The lowest BCUT2D eigenvalue weighted by Crippen LogP contribution is -2.30. The van der Waals surface area contributed by atoms with Gasteiger partial charge >= 0.3 is 0 Å². The number of benzene rings is 2. The molecule has 1 aliphatic rings. The van der Waals surface area contributed by atoms with Crippen LogP contribution in [0.5, 0.6) is 5.75 Å². The average molecular weight is 434 g/mol. The van der Waals surface area contributed by atoms with Gasteiger partial charge in [0.05, 0.1) is 12.0 Å². The number of carbonyl (C=O) groups is 1. The number of hydrogen-bond donors (Lipinski definition) is 0. The van der Waals surface area contributed by atoms with E-state index in [0.717, 1.165) is 22.2 Å². The maximum absolute atomic E-state index is 12.7. The molecule has 1 amide bonds. The molecular formula is C19H16BrNO2S2.